The van der Waals surface area contributed by atoms with Crippen LogP contribution in [0.5, 0.6) is 11.5 Å². The highest BCUT2D eigenvalue weighted by molar-refractivity contribution is 5.91. The molecule has 3 rings (SSSR count). The van der Waals surface area contributed by atoms with Crippen molar-refractivity contribution in [1.29, 1.82) is 0 Å². The molecule has 1 aliphatic rings. The number of para-hydroxylation sites is 1. The zero-order chi connectivity index (χ0) is 16.9. The molecule has 2 aromatic carbocycles. The molecule has 0 saturated heterocycles. The molecular formula is C19H22N2O3. The first-order chi connectivity index (χ1) is 11.7. The number of amides is 1. The Morgan fingerprint density at radius 3 is 2.71 bits per heavy atom. The van der Waals surface area contributed by atoms with Gasteiger partial charge in [-0.05, 0) is 30.2 Å². The molecule has 1 N–H and O–H groups in total. The minimum Gasteiger partial charge on any atom is -0.493 e. The highest BCUT2D eigenvalue weighted by Crippen LogP contribution is 2.30. The Bertz CT molecular complexity index is 730. The number of nitrogens with zero attached hydrogens (tertiary/aromatic N) is 1. The van der Waals surface area contributed by atoms with Crippen molar-refractivity contribution in [2.75, 3.05) is 37.5 Å². The van der Waals surface area contributed by atoms with Crippen LogP contribution in [0.25, 0.3) is 0 Å². The van der Waals surface area contributed by atoms with Crippen LogP contribution >= 0.6 is 0 Å². The molecule has 5 heteroatoms. The number of carbonyl (C=O) groups excluding carboxylic acids is 1. The smallest absolute Gasteiger partial charge is 0.226 e. The standard InChI is InChI=1S/C19H22N2O3/c1-23-17-8-7-15(13-18(17)24-2)20-19(22)10-12-21-11-9-14-5-3-4-6-16(14)21/h3-8,13H,9-12H2,1-2H3,(H,20,22). The lowest BCUT2D eigenvalue weighted by Gasteiger charge is -2.19. The topological polar surface area (TPSA) is 50.8 Å². The van der Waals surface area contributed by atoms with Gasteiger partial charge in [0.1, 0.15) is 0 Å². The summed E-state index contributed by atoms with van der Waals surface area (Å²) in [5.41, 5.74) is 3.31. The molecule has 0 aromatic heterocycles. The maximum atomic E-state index is 12.2. The molecule has 24 heavy (non-hydrogen) atoms. The van der Waals surface area contributed by atoms with E-state index in [-0.39, 0.29) is 5.91 Å². The second kappa shape index (κ2) is 7.25. The third kappa shape index (κ3) is 3.45. The van der Waals surface area contributed by atoms with Gasteiger partial charge in [-0.25, -0.2) is 0 Å². The molecule has 1 heterocycles. The number of anilines is 2. The van der Waals surface area contributed by atoms with Gasteiger partial charge in [-0.1, -0.05) is 18.2 Å². The molecule has 0 spiro atoms. The fourth-order valence-corrected chi connectivity index (χ4v) is 3.01. The summed E-state index contributed by atoms with van der Waals surface area (Å²) in [5, 5.41) is 2.91. The summed E-state index contributed by atoms with van der Waals surface area (Å²) in [6.07, 6.45) is 1.50. The van der Waals surface area contributed by atoms with E-state index >= 15 is 0 Å². The number of carbonyl (C=O) groups is 1. The van der Waals surface area contributed by atoms with Crippen molar-refractivity contribution in [3.05, 3.63) is 48.0 Å². The SMILES string of the molecule is COc1ccc(NC(=O)CCN2CCc3ccccc32)cc1OC. The quantitative estimate of drug-likeness (QED) is 0.886. The van der Waals surface area contributed by atoms with Crippen LogP contribution in [-0.4, -0.2) is 33.2 Å². The zero-order valence-corrected chi connectivity index (χ0v) is 14.0. The van der Waals surface area contributed by atoms with Crippen molar-refractivity contribution in [1.82, 2.24) is 0 Å². The highest BCUT2D eigenvalue weighted by Gasteiger charge is 2.18. The van der Waals surface area contributed by atoms with Gasteiger partial charge < -0.3 is 19.7 Å². The van der Waals surface area contributed by atoms with Gasteiger partial charge in [0.15, 0.2) is 11.5 Å². The van der Waals surface area contributed by atoms with Crippen LogP contribution in [0, 0.1) is 0 Å². The second-order valence-electron chi connectivity index (χ2n) is 5.73. The highest BCUT2D eigenvalue weighted by atomic mass is 16.5. The molecule has 1 amide bonds. The molecule has 0 fully saturated rings. The van der Waals surface area contributed by atoms with Crippen molar-refractivity contribution >= 4 is 17.3 Å². The van der Waals surface area contributed by atoms with Crippen LogP contribution < -0.4 is 19.7 Å². The average Bonchev–Trinajstić information content (AvgIpc) is 3.03. The molecule has 5 nitrogen and oxygen atoms in total. The molecule has 0 bridgehead atoms. The first-order valence-electron chi connectivity index (χ1n) is 8.06. The summed E-state index contributed by atoms with van der Waals surface area (Å²) in [4.78, 5) is 14.5. The van der Waals surface area contributed by atoms with Crippen molar-refractivity contribution in [3.63, 3.8) is 0 Å². The third-order valence-corrected chi connectivity index (χ3v) is 4.26. The Kier molecular flexibility index (Phi) is 4.89. The molecular weight excluding hydrogens is 304 g/mol. The fraction of sp³-hybridized carbons (Fsp3) is 0.316. The van der Waals surface area contributed by atoms with E-state index in [1.54, 1.807) is 26.4 Å². The summed E-state index contributed by atoms with van der Waals surface area (Å²) in [6, 6.07) is 13.7. The third-order valence-electron chi connectivity index (χ3n) is 4.26. The van der Waals surface area contributed by atoms with Crippen LogP contribution in [0.4, 0.5) is 11.4 Å². The summed E-state index contributed by atoms with van der Waals surface area (Å²) >= 11 is 0. The largest absolute Gasteiger partial charge is 0.493 e. The second-order valence-corrected chi connectivity index (χ2v) is 5.73. The van der Waals surface area contributed by atoms with Gasteiger partial charge in [0, 0.05) is 37.0 Å². The molecule has 126 valence electrons. The lowest BCUT2D eigenvalue weighted by Crippen LogP contribution is -2.26. The molecule has 2 aromatic rings. The summed E-state index contributed by atoms with van der Waals surface area (Å²) in [5.74, 6) is 1.24. The van der Waals surface area contributed by atoms with E-state index < -0.39 is 0 Å². The predicted octanol–water partition coefficient (Wildman–Crippen LogP) is 3.10. The van der Waals surface area contributed by atoms with Crippen LogP contribution in [0.2, 0.25) is 0 Å². The molecule has 0 radical (unpaired) electrons. The lowest BCUT2D eigenvalue weighted by atomic mass is 10.2. The molecule has 0 atom stereocenters. The Morgan fingerprint density at radius 2 is 1.92 bits per heavy atom. The van der Waals surface area contributed by atoms with Gasteiger partial charge in [-0.2, -0.15) is 0 Å². The number of benzene rings is 2. The average molecular weight is 326 g/mol. The number of rotatable bonds is 6. The van der Waals surface area contributed by atoms with Gasteiger partial charge in [0.05, 0.1) is 14.2 Å². The predicted molar refractivity (Wildman–Crippen MR) is 95.2 cm³/mol. The van der Waals surface area contributed by atoms with Gasteiger partial charge in [0.2, 0.25) is 5.91 Å². The number of nitrogens with one attached hydrogen (secondary N) is 1. The summed E-state index contributed by atoms with van der Waals surface area (Å²) in [6.45, 7) is 1.69. The minimum atomic E-state index is -0.00778. The van der Waals surface area contributed by atoms with Crippen molar-refractivity contribution in [2.45, 2.75) is 12.8 Å². The van der Waals surface area contributed by atoms with Crippen LogP contribution in [-0.2, 0) is 11.2 Å². The van der Waals surface area contributed by atoms with Crippen molar-refractivity contribution in [2.24, 2.45) is 0 Å². The first kappa shape index (κ1) is 16.2. The van der Waals surface area contributed by atoms with E-state index in [1.165, 1.54) is 11.3 Å². The van der Waals surface area contributed by atoms with Gasteiger partial charge in [-0.3, -0.25) is 4.79 Å². The van der Waals surface area contributed by atoms with Crippen LogP contribution in [0.1, 0.15) is 12.0 Å². The van der Waals surface area contributed by atoms with Gasteiger partial charge in [-0.15, -0.1) is 0 Å². The Balaban J connectivity index is 1.57. The fourth-order valence-electron chi connectivity index (χ4n) is 3.01. The first-order valence-corrected chi connectivity index (χ1v) is 8.06. The molecule has 0 unspecified atom stereocenters. The number of hydrogen-bond donors (Lipinski definition) is 1. The van der Waals surface area contributed by atoms with E-state index in [1.807, 2.05) is 12.1 Å². The van der Waals surface area contributed by atoms with Crippen molar-refractivity contribution in [3.8, 4) is 11.5 Å². The van der Waals surface area contributed by atoms with Crippen LogP contribution in [0.15, 0.2) is 42.5 Å². The number of ether oxygens (including phenoxy) is 2. The van der Waals surface area contributed by atoms with E-state index in [0.29, 0.717) is 23.6 Å². The van der Waals surface area contributed by atoms with E-state index in [0.717, 1.165) is 19.5 Å². The normalized spacial score (nSPS) is 12.7. The molecule has 0 aliphatic carbocycles. The number of methoxy groups -OCH3 is 2. The Labute approximate surface area is 142 Å². The van der Waals surface area contributed by atoms with Gasteiger partial charge >= 0.3 is 0 Å². The van der Waals surface area contributed by atoms with E-state index in [2.05, 4.69) is 28.4 Å². The molecule has 1 aliphatic heterocycles. The Hall–Kier alpha value is -2.69. The maximum absolute atomic E-state index is 12.2. The van der Waals surface area contributed by atoms with E-state index in [4.69, 9.17) is 9.47 Å². The monoisotopic (exact) mass is 326 g/mol. The van der Waals surface area contributed by atoms with Gasteiger partial charge in [0.25, 0.3) is 0 Å². The van der Waals surface area contributed by atoms with Crippen LogP contribution in [0.3, 0.4) is 0 Å². The zero-order valence-electron chi connectivity index (χ0n) is 14.0. The summed E-state index contributed by atoms with van der Waals surface area (Å²) < 4.78 is 10.5. The lowest BCUT2D eigenvalue weighted by molar-refractivity contribution is -0.116. The van der Waals surface area contributed by atoms with Crippen molar-refractivity contribution < 1.29 is 14.3 Å². The maximum Gasteiger partial charge on any atom is 0.226 e. The van der Waals surface area contributed by atoms with E-state index in [9.17, 15) is 4.79 Å². The molecule has 0 saturated carbocycles. The Morgan fingerprint density at radius 1 is 1.12 bits per heavy atom. The number of fused-ring (bicyclic) bond motifs is 1. The number of hydrogen-bond acceptors (Lipinski definition) is 4. The summed E-state index contributed by atoms with van der Waals surface area (Å²) in [7, 11) is 3.16. The minimum absolute atomic E-state index is 0.00778.